The maximum absolute atomic E-state index is 12.3. The highest BCUT2D eigenvalue weighted by atomic mass is 32.2. The van der Waals surface area contributed by atoms with Gasteiger partial charge in [0.05, 0.1) is 4.90 Å². The third-order valence-electron chi connectivity index (χ3n) is 2.22. The minimum atomic E-state index is -5.43. The summed E-state index contributed by atoms with van der Waals surface area (Å²) < 4.78 is 67.5. The molecule has 0 fully saturated rings. The number of esters is 1. The zero-order valence-corrected chi connectivity index (χ0v) is 11.5. The Morgan fingerprint density at radius 2 is 1.81 bits per heavy atom. The van der Waals surface area contributed by atoms with Gasteiger partial charge < -0.3 is 4.74 Å². The second-order valence-corrected chi connectivity index (χ2v) is 6.15. The Hall–Kier alpha value is -2.01. The quantitative estimate of drug-likeness (QED) is 0.629. The Balaban J connectivity index is 2.19. The van der Waals surface area contributed by atoms with E-state index in [2.05, 4.69) is 9.59 Å². The van der Waals surface area contributed by atoms with Crippen LogP contribution in [0, 0.1) is 0 Å². The van der Waals surface area contributed by atoms with Gasteiger partial charge in [-0.2, -0.15) is 13.2 Å². The minimum absolute atomic E-state index is 0.0630. The standard InChI is InChI=1S/C10H5F3N2O4S2/c11-10(12,13)21(17,18)7-3-1-6(2-4-7)19-9(16)8-5-20-15-14-8/h1-5H. The van der Waals surface area contributed by atoms with E-state index in [1.807, 2.05) is 0 Å². The van der Waals surface area contributed by atoms with E-state index in [9.17, 15) is 26.4 Å². The summed E-state index contributed by atoms with van der Waals surface area (Å²) in [4.78, 5) is 10.6. The SMILES string of the molecule is O=C(Oc1ccc(S(=O)(=O)C(F)(F)F)cc1)c1csnn1. The van der Waals surface area contributed by atoms with Crippen LogP contribution in [0.15, 0.2) is 34.5 Å². The summed E-state index contributed by atoms with van der Waals surface area (Å²) in [5.74, 6) is -0.968. The lowest BCUT2D eigenvalue weighted by Crippen LogP contribution is -2.23. The van der Waals surface area contributed by atoms with Gasteiger partial charge in [0.15, 0.2) is 5.69 Å². The van der Waals surface area contributed by atoms with Crippen molar-refractivity contribution in [3.05, 3.63) is 35.3 Å². The van der Waals surface area contributed by atoms with Crippen molar-refractivity contribution in [1.82, 2.24) is 9.59 Å². The highest BCUT2D eigenvalue weighted by Crippen LogP contribution is 2.31. The van der Waals surface area contributed by atoms with Crippen molar-refractivity contribution in [2.45, 2.75) is 10.4 Å². The van der Waals surface area contributed by atoms with Crippen LogP contribution in [0.2, 0.25) is 0 Å². The number of halogens is 3. The number of benzene rings is 1. The number of hydrogen-bond acceptors (Lipinski definition) is 7. The summed E-state index contributed by atoms with van der Waals surface area (Å²) in [5, 5.41) is 4.77. The van der Waals surface area contributed by atoms with Crippen LogP contribution in [0.1, 0.15) is 10.5 Å². The second kappa shape index (κ2) is 5.41. The first-order valence-electron chi connectivity index (χ1n) is 5.12. The largest absolute Gasteiger partial charge is 0.501 e. The van der Waals surface area contributed by atoms with E-state index in [1.165, 1.54) is 5.38 Å². The molecule has 1 heterocycles. The van der Waals surface area contributed by atoms with Crippen LogP contribution < -0.4 is 4.74 Å². The van der Waals surface area contributed by atoms with Gasteiger partial charge >= 0.3 is 11.5 Å². The van der Waals surface area contributed by atoms with E-state index < -0.39 is 26.2 Å². The molecule has 0 saturated heterocycles. The van der Waals surface area contributed by atoms with E-state index in [4.69, 9.17) is 4.74 Å². The highest BCUT2D eigenvalue weighted by molar-refractivity contribution is 7.92. The lowest BCUT2D eigenvalue weighted by Gasteiger charge is -2.08. The van der Waals surface area contributed by atoms with Gasteiger partial charge in [0, 0.05) is 5.38 Å². The zero-order chi connectivity index (χ0) is 15.7. The average molecular weight is 338 g/mol. The zero-order valence-electron chi connectivity index (χ0n) is 9.86. The Kier molecular flexibility index (Phi) is 3.96. The molecule has 0 bridgehead atoms. The third kappa shape index (κ3) is 3.19. The first kappa shape index (κ1) is 15.4. The predicted molar refractivity (Wildman–Crippen MR) is 64.6 cm³/mol. The van der Waals surface area contributed by atoms with Crippen molar-refractivity contribution >= 4 is 27.3 Å². The number of aromatic nitrogens is 2. The Labute approximate surface area is 120 Å². The molecule has 112 valence electrons. The van der Waals surface area contributed by atoms with Crippen LogP contribution in [0.3, 0.4) is 0 Å². The number of hydrogen-bond donors (Lipinski definition) is 0. The summed E-state index contributed by atoms with van der Waals surface area (Å²) >= 11 is 0.921. The lowest BCUT2D eigenvalue weighted by molar-refractivity contribution is -0.0436. The van der Waals surface area contributed by atoms with Crippen molar-refractivity contribution in [2.75, 3.05) is 0 Å². The molecule has 0 spiro atoms. The number of alkyl halides is 3. The number of nitrogens with zero attached hydrogens (tertiary/aromatic N) is 2. The van der Waals surface area contributed by atoms with Gasteiger partial charge in [-0.1, -0.05) is 4.49 Å². The van der Waals surface area contributed by atoms with Crippen LogP contribution in [0.5, 0.6) is 5.75 Å². The summed E-state index contributed by atoms with van der Waals surface area (Å²) in [6.45, 7) is 0. The normalized spacial score (nSPS) is 12.1. The Bertz CT molecular complexity index is 740. The molecule has 0 unspecified atom stereocenters. The maximum atomic E-state index is 12.3. The predicted octanol–water partition coefficient (Wildman–Crippen LogP) is 2.05. The van der Waals surface area contributed by atoms with Crippen molar-refractivity contribution < 1.29 is 31.1 Å². The number of rotatable bonds is 3. The number of carbonyl (C=O) groups excluding carboxylic acids is 1. The maximum Gasteiger partial charge on any atom is 0.501 e. The van der Waals surface area contributed by atoms with Crippen molar-refractivity contribution in [2.24, 2.45) is 0 Å². The van der Waals surface area contributed by atoms with Gasteiger partial charge in [0.25, 0.3) is 9.84 Å². The third-order valence-corrected chi connectivity index (χ3v) is 4.23. The first-order valence-corrected chi connectivity index (χ1v) is 7.44. The monoisotopic (exact) mass is 338 g/mol. The fraction of sp³-hybridized carbons (Fsp3) is 0.100. The molecule has 0 aliphatic carbocycles. The molecule has 0 radical (unpaired) electrons. The highest BCUT2D eigenvalue weighted by Gasteiger charge is 2.46. The minimum Gasteiger partial charge on any atom is -0.422 e. The molecule has 0 N–H and O–H groups in total. The smallest absolute Gasteiger partial charge is 0.422 e. The van der Waals surface area contributed by atoms with Gasteiger partial charge in [0.2, 0.25) is 0 Å². The van der Waals surface area contributed by atoms with Crippen molar-refractivity contribution in [1.29, 1.82) is 0 Å². The fourth-order valence-corrected chi connectivity index (χ4v) is 2.42. The fourth-order valence-electron chi connectivity index (χ4n) is 1.23. The number of sulfone groups is 1. The number of carbonyl (C=O) groups is 1. The molecule has 2 aromatic rings. The van der Waals surface area contributed by atoms with Gasteiger partial charge in [-0.25, -0.2) is 13.2 Å². The van der Waals surface area contributed by atoms with E-state index in [0.29, 0.717) is 12.1 Å². The van der Waals surface area contributed by atoms with Crippen LogP contribution in [-0.4, -0.2) is 29.5 Å². The topological polar surface area (TPSA) is 86.2 Å². The molecule has 1 aromatic carbocycles. The van der Waals surface area contributed by atoms with E-state index >= 15 is 0 Å². The molecular weight excluding hydrogens is 333 g/mol. The van der Waals surface area contributed by atoms with E-state index in [1.54, 1.807) is 0 Å². The van der Waals surface area contributed by atoms with Gasteiger partial charge in [0.1, 0.15) is 5.75 Å². The van der Waals surface area contributed by atoms with Crippen LogP contribution in [0.4, 0.5) is 13.2 Å². The second-order valence-electron chi connectivity index (χ2n) is 3.60. The average Bonchev–Trinajstić information content (AvgIpc) is 2.92. The number of ether oxygens (including phenoxy) is 1. The van der Waals surface area contributed by atoms with Crippen LogP contribution in [-0.2, 0) is 9.84 Å². The molecule has 1 aromatic heterocycles. The molecule has 6 nitrogen and oxygen atoms in total. The molecule has 0 aliphatic rings. The van der Waals surface area contributed by atoms with E-state index in [0.717, 1.165) is 23.7 Å². The molecule has 0 amide bonds. The van der Waals surface area contributed by atoms with Gasteiger partial charge in [-0.05, 0) is 35.8 Å². The molecule has 0 saturated carbocycles. The molecule has 2 rings (SSSR count). The van der Waals surface area contributed by atoms with Gasteiger partial charge in [-0.3, -0.25) is 0 Å². The lowest BCUT2D eigenvalue weighted by atomic mass is 10.3. The molecule has 11 heteroatoms. The Morgan fingerprint density at radius 1 is 1.19 bits per heavy atom. The summed E-state index contributed by atoms with van der Waals surface area (Å²) in [7, 11) is -5.43. The molecule has 0 atom stereocenters. The molecule has 0 aliphatic heterocycles. The summed E-state index contributed by atoms with van der Waals surface area (Å²) in [5.41, 5.74) is -5.45. The van der Waals surface area contributed by atoms with E-state index in [-0.39, 0.29) is 11.4 Å². The Morgan fingerprint density at radius 3 is 2.29 bits per heavy atom. The van der Waals surface area contributed by atoms with Crippen molar-refractivity contribution in [3.63, 3.8) is 0 Å². The summed E-state index contributed by atoms with van der Waals surface area (Å²) in [6, 6.07) is 3.28. The van der Waals surface area contributed by atoms with Crippen LogP contribution >= 0.6 is 11.5 Å². The van der Waals surface area contributed by atoms with Crippen molar-refractivity contribution in [3.8, 4) is 5.75 Å². The molecule has 21 heavy (non-hydrogen) atoms. The first-order chi connectivity index (χ1) is 9.72. The summed E-state index contributed by atoms with van der Waals surface area (Å²) in [6.07, 6.45) is 0. The molecular formula is C10H5F3N2O4S2. The van der Waals surface area contributed by atoms with Gasteiger partial charge in [-0.15, -0.1) is 5.10 Å². The van der Waals surface area contributed by atoms with Crippen LogP contribution in [0.25, 0.3) is 0 Å².